The van der Waals surface area contributed by atoms with Crippen molar-refractivity contribution in [1.29, 1.82) is 0 Å². The van der Waals surface area contributed by atoms with Crippen LogP contribution in [0.5, 0.6) is 0 Å². The molecule has 1 N–H and O–H groups in total. The third kappa shape index (κ3) is 3.72. The van der Waals surface area contributed by atoms with Gasteiger partial charge in [-0.2, -0.15) is 0 Å². The average Bonchev–Trinajstić information content (AvgIpc) is 3.49. The topological polar surface area (TPSA) is 67.5 Å². The van der Waals surface area contributed by atoms with Crippen LogP contribution in [0.3, 0.4) is 0 Å². The van der Waals surface area contributed by atoms with E-state index < -0.39 is 5.54 Å². The number of halogens is 1. The summed E-state index contributed by atoms with van der Waals surface area (Å²) < 4.78 is 7.43. The first-order chi connectivity index (χ1) is 16.0. The average molecular weight is 460 g/mol. The molecule has 1 unspecified atom stereocenters. The van der Waals surface area contributed by atoms with Crippen LogP contribution in [0, 0.1) is 0 Å². The minimum absolute atomic E-state index is 0.251. The third-order valence-corrected chi connectivity index (χ3v) is 6.26. The summed E-state index contributed by atoms with van der Waals surface area (Å²) in [5, 5.41) is 3.58. The third-order valence-electron chi connectivity index (χ3n) is 6.01. The van der Waals surface area contributed by atoms with Crippen LogP contribution in [0.4, 0.5) is 5.69 Å². The standard InChI is InChI=1S/C26H22ClN3O3/c1-26(25(32)28-16-18-6-3-2-4-7-18)17-29-21(23-8-5-15-33-23)13-14-22(29)24(31)30(26)20-11-9-19(27)10-12-20/h2-15H,16-17H2,1H3,(H,28,32). The van der Waals surface area contributed by atoms with Crippen LogP contribution in [-0.2, 0) is 17.9 Å². The number of carbonyl (C=O) groups is 2. The molecule has 2 amide bonds. The number of amides is 2. The molecule has 2 aromatic carbocycles. The highest BCUT2D eigenvalue weighted by Gasteiger charge is 2.48. The molecule has 5 rings (SSSR count). The fourth-order valence-corrected chi connectivity index (χ4v) is 4.44. The van der Waals surface area contributed by atoms with Gasteiger partial charge >= 0.3 is 0 Å². The van der Waals surface area contributed by atoms with Crippen LogP contribution in [0.1, 0.15) is 23.0 Å². The van der Waals surface area contributed by atoms with Gasteiger partial charge in [0.15, 0.2) is 0 Å². The molecule has 0 bridgehead atoms. The van der Waals surface area contributed by atoms with E-state index >= 15 is 0 Å². The SMILES string of the molecule is CC1(C(=O)NCc2ccccc2)Cn2c(ccc2-c2ccco2)C(=O)N1c1ccc(Cl)cc1. The summed E-state index contributed by atoms with van der Waals surface area (Å²) in [5.74, 6) is 0.124. The highest BCUT2D eigenvalue weighted by Crippen LogP contribution is 2.36. The monoisotopic (exact) mass is 459 g/mol. The summed E-state index contributed by atoms with van der Waals surface area (Å²) in [6.07, 6.45) is 1.59. The number of anilines is 1. The van der Waals surface area contributed by atoms with Crippen molar-refractivity contribution in [2.75, 3.05) is 4.90 Å². The maximum atomic E-state index is 13.7. The van der Waals surface area contributed by atoms with Gasteiger partial charge in [0, 0.05) is 17.3 Å². The lowest BCUT2D eigenvalue weighted by Crippen LogP contribution is -2.64. The first-order valence-electron chi connectivity index (χ1n) is 10.6. The second-order valence-corrected chi connectivity index (χ2v) is 8.66. The van der Waals surface area contributed by atoms with Crippen LogP contribution in [0.2, 0.25) is 5.02 Å². The molecule has 1 atom stereocenters. The van der Waals surface area contributed by atoms with Crippen molar-refractivity contribution in [3.05, 3.63) is 101 Å². The molecule has 0 saturated carbocycles. The molecule has 166 valence electrons. The number of nitrogens with one attached hydrogen (secondary N) is 1. The van der Waals surface area contributed by atoms with E-state index in [1.54, 1.807) is 54.5 Å². The predicted octanol–water partition coefficient (Wildman–Crippen LogP) is 5.14. The van der Waals surface area contributed by atoms with Crippen molar-refractivity contribution in [2.45, 2.75) is 25.6 Å². The number of hydrogen-bond donors (Lipinski definition) is 1. The molecule has 0 saturated heterocycles. The van der Waals surface area contributed by atoms with E-state index in [9.17, 15) is 9.59 Å². The number of fused-ring (bicyclic) bond motifs is 1. The molecule has 0 radical (unpaired) electrons. The van der Waals surface area contributed by atoms with E-state index in [-0.39, 0.29) is 18.4 Å². The number of aromatic nitrogens is 1. The summed E-state index contributed by atoms with van der Waals surface area (Å²) in [6.45, 7) is 2.41. The van der Waals surface area contributed by atoms with Crippen molar-refractivity contribution in [1.82, 2.24) is 9.88 Å². The zero-order valence-corrected chi connectivity index (χ0v) is 18.8. The lowest BCUT2D eigenvalue weighted by atomic mass is 9.93. The molecule has 4 aromatic rings. The molecule has 3 heterocycles. The Morgan fingerprint density at radius 2 is 1.73 bits per heavy atom. The van der Waals surface area contributed by atoms with Gasteiger partial charge in [0.2, 0.25) is 5.91 Å². The van der Waals surface area contributed by atoms with Crippen LogP contribution in [0.25, 0.3) is 11.5 Å². The number of benzene rings is 2. The van der Waals surface area contributed by atoms with Gasteiger partial charge in [-0.3, -0.25) is 14.5 Å². The number of rotatable bonds is 5. The van der Waals surface area contributed by atoms with Gasteiger partial charge in [-0.15, -0.1) is 0 Å². The maximum Gasteiger partial charge on any atom is 0.275 e. The van der Waals surface area contributed by atoms with E-state index in [1.165, 1.54) is 0 Å². The summed E-state index contributed by atoms with van der Waals surface area (Å²) in [4.78, 5) is 29.0. The van der Waals surface area contributed by atoms with Gasteiger partial charge in [0.25, 0.3) is 5.91 Å². The van der Waals surface area contributed by atoms with Gasteiger partial charge in [-0.25, -0.2) is 0 Å². The smallest absolute Gasteiger partial charge is 0.275 e. The lowest BCUT2D eigenvalue weighted by molar-refractivity contribution is -0.126. The zero-order chi connectivity index (χ0) is 23.0. The molecule has 33 heavy (non-hydrogen) atoms. The first kappa shape index (κ1) is 21.1. The molecular formula is C26H22ClN3O3. The maximum absolute atomic E-state index is 13.7. The van der Waals surface area contributed by atoms with Gasteiger partial charge < -0.3 is 14.3 Å². The normalized spacial score (nSPS) is 17.6. The van der Waals surface area contributed by atoms with Gasteiger partial charge in [-0.1, -0.05) is 41.9 Å². The molecule has 1 aliphatic rings. The highest BCUT2D eigenvalue weighted by molar-refractivity contribution is 6.30. The number of hydrogen-bond acceptors (Lipinski definition) is 3. The Balaban J connectivity index is 1.56. The van der Waals surface area contributed by atoms with Gasteiger partial charge in [-0.05, 0) is 61.0 Å². The van der Waals surface area contributed by atoms with Crippen molar-refractivity contribution in [3.8, 4) is 11.5 Å². The number of carbonyl (C=O) groups excluding carboxylic acids is 2. The molecule has 0 fully saturated rings. The Hall–Kier alpha value is -3.77. The van der Waals surface area contributed by atoms with E-state index in [4.69, 9.17) is 16.0 Å². The first-order valence-corrected chi connectivity index (χ1v) is 11.0. The minimum Gasteiger partial charge on any atom is -0.463 e. The Labute approximate surface area is 196 Å². The Morgan fingerprint density at radius 3 is 2.42 bits per heavy atom. The highest BCUT2D eigenvalue weighted by atomic mass is 35.5. The number of nitrogens with zero attached hydrogens (tertiary/aromatic N) is 2. The summed E-state index contributed by atoms with van der Waals surface area (Å²) >= 11 is 6.08. The van der Waals surface area contributed by atoms with Crippen LogP contribution in [-0.4, -0.2) is 21.9 Å². The predicted molar refractivity (Wildman–Crippen MR) is 127 cm³/mol. The molecular weight excluding hydrogens is 438 g/mol. The molecule has 7 heteroatoms. The zero-order valence-electron chi connectivity index (χ0n) is 18.0. The fourth-order valence-electron chi connectivity index (χ4n) is 4.32. The molecule has 0 aliphatic carbocycles. The quantitative estimate of drug-likeness (QED) is 0.449. The van der Waals surface area contributed by atoms with Crippen LogP contribution in [0.15, 0.2) is 89.5 Å². The van der Waals surface area contributed by atoms with Crippen molar-refractivity contribution in [2.24, 2.45) is 0 Å². The minimum atomic E-state index is -1.19. The number of furan rings is 1. The molecule has 1 aliphatic heterocycles. The largest absolute Gasteiger partial charge is 0.463 e. The second-order valence-electron chi connectivity index (χ2n) is 8.23. The summed E-state index contributed by atoms with van der Waals surface area (Å²) in [5.41, 5.74) is 1.64. The van der Waals surface area contributed by atoms with Crippen molar-refractivity contribution in [3.63, 3.8) is 0 Å². The van der Waals surface area contributed by atoms with E-state index in [2.05, 4.69) is 5.32 Å². The Morgan fingerprint density at radius 1 is 1.00 bits per heavy atom. The van der Waals surface area contributed by atoms with E-state index in [0.717, 1.165) is 11.3 Å². The molecule has 2 aromatic heterocycles. The Bertz CT molecular complexity index is 1300. The van der Waals surface area contributed by atoms with E-state index in [0.29, 0.717) is 28.7 Å². The lowest BCUT2D eigenvalue weighted by Gasteiger charge is -2.44. The molecule has 0 spiro atoms. The fraction of sp³-hybridized carbons (Fsp3) is 0.154. The summed E-state index contributed by atoms with van der Waals surface area (Å²) in [6, 6.07) is 23.9. The van der Waals surface area contributed by atoms with E-state index in [1.807, 2.05) is 47.0 Å². The molecule has 6 nitrogen and oxygen atoms in total. The van der Waals surface area contributed by atoms with Crippen LogP contribution >= 0.6 is 11.6 Å². The van der Waals surface area contributed by atoms with Gasteiger partial charge in [0.1, 0.15) is 17.0 Å². The van der Waals surface area contributed by atoms with Crippen molar-refractivity contribution >= 4 is 29.1 Å². The van der Waals surface area contributed by atoms with Gasteiger partial charge in [0.05, 0.1) is 18.5 Å². The Kier molecular flexibility index (Phi) is 5.30. The van der Waals surface area contributed by atoms with Crippen LogP contribution < -0.4 is 10.2 Å². The summed E-state index contributed by atoms with van der Waals surface area (Å²) in [7, 11) is 0. The van der Waals surface area contributed by atoms with Crippen molar-refractivity contribution < 1.29 is 14.0 Å². The second kappa shape index (κ2) is 8.30.